The first-order valence-electron chi connectivity index (χ1n) is 5.99. The van der Waals surface area contributed by atoms with Crippen LogP contribution in [0.15, 0.2) is 48.5 Å². The van der Waals surface area contributed by atoms with Crippen molar-refractivity contribution < 1.29 is 0 Å². The second kappa shape index (κ2) is 5.61. The number of hydrogen-bond donors (Lipinski definition) is 0. The van der Waals surface area contributed by atoms with E-state index >= 15 is 0 Å². The number of benzene rings is 2. The Morgan fingerprint density at radius 2 is 1.85 bits per heavy atom. The maximum atomic E-state index is 6.11. The molecule has 1 heterocycles. The van der Waals surface area contributed by atoms with Crippen molar-refractivity contribution in [2.24, 2.45) is 0 Å². The predicted molar refractivity (Wildman–Crippen MR) is 78.8 cm³/mol. The van der Waals surface area contributed by atoms with Crippen molar-refractivity contribution >= 4 is 23.2 Å². The number of tetrazole rings is 1. The smallest absolute Gasteiger partial charge is 0.159 e. The molecule has 2 aromatic carbocycles. The minimum atomic E-state index is 0.479. The predicted octanol–water partition coefficient (Wildman–Crippen LogP) is 3.70. The SMILES string of the molecule is Clc1cccc(-c2nnn(Cc3ccccc3Cl)n2)c1. The molecule has 0 N–H and O–H groups in total. The Bertz CT molecular complexity index is 739. The van der Waals surface area contributed by atoms with Crippen molar-refractivity contribution in [2.45, 2.75) is 6.54 Å². The molecule has 100 valence electrons. The average molecular weight is 305 g/mol. The van der Waals surface area contributed by atoms with Gasteiger partial charge in [-0.25, -0.2) is 0 Å². The van der Waals surface area contributed by atoms with E-state index in [1.54, 1.807) is 12.1 Å². The van der Waals surface area contributed by atoms with Crippen LogP contribution in [0, 0.1) is 0 Å². The van der Waals surface area contributed by atoms with Crippen molar-refractivity contribution in [2.75, 3.05) is 0 Å². The molecule has 0 radical (unpaired) electrons. The Balaban J connectivity index is 1.86. The highest BCUT2D eigenvalue weighted by atomic mass is 35.5. The topological polar surface area (TPSA) is 43.6 Å². The number of aromatic nitrogens is 4. The monoisotopic (exact) mass is 304 g/mol. The van der Waals surface area contributed by atoms with Crippen molar-refractivity contribution in [3.63, 3.8) is 0 Å². The van der Waals surface area contributed by atoms with E-state index in [2.05, 4.69) is 15.4 Å². The van der Waals surface area contributed by atoms with Gasteiger partial charge in [0, 0.05) is 15.6 Å². The van der Waals surface area contributed by atoms with Gasteiger partial charge in [0.05, 0.1) is 6.54 Å². The zero-order valence-corrected chi connectivity index (χ0v) is 11.9. The summed E-state index contributed by atoms with van der Waals surface area (Å²) in [7, 11) is 0. The number of hydrogen-bond acceptors (Lipinski definition) is 3. The van der Waals surface area contributed by atoms with E-state index in [-0.39, 0.29) is 0 Å². The molecule has 0 saturated heterocycles. The maximum Gasteiger partial charge on any atom is 0.204 e. The van der Waals surface area contributed by atoms with E-state index in [0.29, 0.717) is 22.4 Å². The largest absolute Gasteiger partial charge is 0.204 e. The van der Waals surface area contributed by atoms with E-state index in [4.69, 9.17) is 23.2 Å². The average Bonchev–Trinajstić information content (AvgIpc) is 2.90. The molecule has 3 rings (SSSR count). The normalized spacial score (nSPS) is 10.7. The third-order valence-corrected chi connectivity index (χ3v) is 3.41. The molecule has 0 bridgehead atoms. The Hall–Kier alpha value is -1.91. The molecule has 0 unspecified atom stereocenters. The molecule has 20 heavy (non-hydrogen) atoms. The molecular formula is C14H10Cl2N4. The first-order valence-corrected chi connectivity index (χ1v) is 6.75. The van der Waals surface area contributed by atoms with Gasteiger partial charge in [0.25, 0.3) is 0 Å². The van der Waals surface area contributed by atoms with Crippen LogP contribution in [0.3, 0.4) is 0 Å². The summed E-state index contributed by atoms with van der Waals surface area (Å²) in [5.74, 6) is 0.541. The van der Waals surface area contributed by atoms with E-state index in [0.717, 1.165) is 11.1 Å². The molecule has 4 nitrogen and oxygen atoms in total. The van der Waals surface area contributed by atoms with Gasteiger partial charge in [-0.2, -0.15) is 4.80 Å². The summed E-state index contributed by atoms with van der Waals surface area (Å²) in [6.45, 7) is 0.479. The van der Waals surface area contributed by atoms with Gasteiger partial charge in [-0.15, -0.1) is 10.2 Å². The first-order chi connectivity index (χ1) is 9.72. The van der Waals surface area contributed by atoms with E-state index in [9.17, 15) is 0 Å². The fourth-order valence-electron chi connectivity index (χ4n) is 1.83. The Morgan fingerprint density at radius 3 is 2.65 bits per heavy atom. The van der Waals surface area contributed by atoms with Gasteiger partial charge in [-0.05, 0) is 29.0 Å². The molecule has 0 aliphatic carbocycles. The van der Waals surface area contributed by atoms with Gasteiger partial charge < -0.3 is 0 Å². The molecule has 0 aliphatic heterocycles. The van der Waals surface area contributed by atoms with Gasteiger partial charge in [-0.1, -0.05) is 53.5 Å². The molecule has 0 saturated carbocycles. The second-order valence-corrected chi connectivity index (χ2v) is 5.09. The Morgan fingerprint density at radius 1 is 1.00 bits per heavy atom. The van der Waals surface area contributed by atoms with Crippen LogP contribution in [0.25, 0.3) is 11.4 Å². The number of halogens is 2. The summed E-state index contributed by atoms with van der Waals surface area (Å²) >= 11 is 12.1. The third-order valence-electron chi connectivity index (χ3n) is 2.81. The van der Waals surface area contributed by atoms with Crippen LogP contribution in [0.2, 0.25) is 10.0 Å². The van der Waals surface area contributed by atoms with Crippen molar-refractivity contribution in [3.8, 4) is 11.4 Å². The number of rotatable bonds is 3. The zero-order valence-electron chi connectivity index (χ0n) is 10.4. The van der Waals surface area contributed by atoms with Crippen molar-refractivity contribution in [1.29, 1.82) is 0 Å². The van der Waals surface area contributed by atoms with Crippen LogP contribution >= 0.6 is 23.2 Å². The van der Waals surface area contributed by atoms with Crippen LogP contribution < -0.4 is 0 Å². The van der Waals surface area contributed by atoms with Gasteiger partial charge in [0.2, 0.25) is 5.82 Å². The highest BCUT2D eigenvalue weighted by Crippen LogP contribution is 2.19. The molecule has 3 aromatic rings. The first kappa shape index (κ1) is 13.1. The highest BCUT2D eigenvalue weighted by molar-refractivity contribution is 6.31. The number of nitrogens with zero attached hydrogens (tertiary/aromatic N) is 4. The summed E-state index contributed by atoms with van der Waals surface area (Å²) in [5, 5.41) is 13.7. The quantitative estimate of drug-likeness (QED) is 0.741. The minimum absolute atomic E-state index is 0.479. The van der Waals surface area contributed by atoms with E-state index < -0.39 is 0 Å². The van der Waals surface area contributed by atoms with Gasteiger partial charge >= 0.3 is 0 Å². The highest BCUT2D eigenvalue weighted by Gasteiger charge is 2.08. The summed E-state index contributed by atoms with van der Waals surface area (Å²) < 4.78 is 0. The van der Waals surface area contributed by atoms with Crippen LogP contribution in [-0.4, -0.2) is 20.2 Å². The van der Waals surface area contributed by atoms with Crippen LogP contribution in [-0.2, 0) is 6.54 Å². The van der Waals surface area contributed by atoms with E-state index in [1.807, 2.05) is 36.4 Å². The third kappa shape index (κ3) is 2.81. The molecule has 0 atom stereocenters. The second-order valence-electron chi connectivity index (χ2n) is 4.25. The maximum absolute atomic E-state index is 6.11. The van der Waals surface area contributed by atoms with Crippen molar-refractivity contribution in [1.82, 2.24) is 20.2 Å². The Labute approximate surface area is 126 Å². The van der Waals surface area contributed by atoms with Crippen molar-refractivity contribution in [3.05, 3.63) is 64.1 Å². The zero-order chi connectivity index (χ0) is 13.9. The summed E-state index contributed by atoms with van der Waals surface area (Å²) in [6, 6.07) is 14.9. The molecule has 0 fully saturated rings. The molecule has 0 spiro atoms. The lowest BCUT2D eigenvalue weighted by molar-refractivity contribution is 0.573. The van der Waals surface area contributed by atoms with Gasteiger partial charge in [0.15, 0.2) is 0 Å². The molecule has 6 heteroatoms. The van der Waals surface area contributed by atoms with Crippen LogP contribution in [0.5, 0.6) is 0 Å². The molecule has 0 aliphatic rings. The van der Waals surface area contributed by atoms with E-state index in [1.165, 1.54) is 4.80 Å². The lowest BCUT2D eigenvalue weighted by Crippen LogP contribution is -2.04. The fraction of sp³-hybridized carbons (Fsp3) is 0.0714. The fourth-order valence-corrected chi connectivity index (χ4v) is 2.22. The van der Waals surface area contributed by atoms with Crippen LogP contribution in [0.1, 0.15) is 5.56 Å². The van der Waals surface area contributed by atoms with Gasteiger partial charge in [0.1, 0.15) is 0 Å². The standard InChI is InChI=1S/C14H10Cl2N4/c15-12-6-3-5-10(8-12)14-17-19-20(18-14)9-11-4-1-2-7-13(11)16/h1-8H,9H2. The van der Waals surface area contributed by atoms with Gasteiger partial charge in [-0.3, -0.25) is 0 Å². The molecule has 1 aromatic heterocycles. The lowest BCUT2D eigenvalue weighted by atomic mass is 10.2. The minimum Gasteiger partial charge on any atom is -0.159 e. The Kier molecular flexibility index (Phi) is 3.67. The summed E-state index contributed by atoms with van der Waals surface area (Å²) in [6.07, 6.45) is 0. The lowest BCUT2D eigenvalue weighted by Gasteiger charge is -2.01. The summed E-state index contributed by atoms with van der Waals surface area (Å²) in [5.41, 5.74) is 1.78. The molecular weight excluding hydrogens is 295 g/mol. The summed E-state index contributed by atoms with van der Waals surface area (Å²) in [4.78, 5) is 1.51. The van der Waals surface area contributed by atoms with Crippen LogP contribution in [0.4, 0.5) is 0 Å². The molecule has 0 amide bonds.